The monoisotopic (exact) mass is 409 g/mol. The highest BCUT2D eigenvalue weighted by Crippen LogP contribution is 2.53. The first-order chi connectivity index (χ1) is 11.4. The van der Waals surface area contributed by atoms with Crippen LogP contribution in [0.5, 0.6) is 0 Å². The summed E-state index contributed by atoms with van der Waals surface area (Å²) in [4.78, 5) is 21.0. The first kappa shape index (κ1) is 24.2. The van der Waals surface area contributed by atoms with Crippen LogP contribution in [0.2, 0.25) is 0 Å². The van der Waals surface area contributed by atoms with Crippen molar-refractivity contribution in [1.29, 1.82) is 0 Å². The summed E-state index contributed by atoms with van der Waals surface area (Å²) in [5.41, 5.74) is 0. The Morgan fingerprint density at radius 3 is 1.69 bits per heavy atom. The molecule has 0 saturated heterocycles. The van der Waals surface area contributed by atoms with Crippen LogP contribution in [0.15, 0.2) is 0 Å². The Bertz CT molecular complexity index is 523. The molecule has 0 amide bonds. The number of aliphatic hydroxyl groups excluding tert-OH is 1. The van der Waals surface area contributed by atoms with Crippen molar-refractivity contribution < 1.29 is 64.4 Å². The topological polar surface area (TPSA) is 107 Å². The number of halogens is 9. The molecule has 0 heterocycles. The fourth-order valence-corrected chi connectivity index (χ4v) is 1.56. The summed E-state index contributed by atoms with van der Waals surface area (Å²) in [7, 11) is 0. The van der Waals surface area contributed by atoms with Crippen LogP contribution < -0.4 is 5.32 Å². The second-order valence-electron chi connectivity index (χ2n) is 5.02. The van der Waals surface area contributed by atoms with Crippen LogP contribution in [0.3, 0.4) is 0 Å². The van der Waals surface area contributed by atoms with Gasteiger partial charge in [0, 0.05) is 13.0 Å². The van der Waals surface area contributed by atoms with E-state index in [4.69, 9.17) is 15.3 Å². The van der Waals surface area contributed by atoms with Crippen molar-refractivity contribution in [2.24, 2.45) is 0 Å². The second-order valence-corrected chi connectivity index (χ2v) is 5.02. The average Bonchev–Trinajstić information content (AvgIpc) is 2.44. The summed E-state index contributed by atoms with van der Waals surface area (Å²) in [6, 6.07) is -1.98. The number of hydrogen-bond acceptors (Lipinski definition) is 4. The minimum atomic E-state index is -7.19. The minimum Gasteiger partial charge on any atom is -0.481 e. The molecule has 2 atom stereocenters. The summed E-state index contributed by atoms with van der Waals surface area (Å²) < 4.78 is 114. The van der Waals surface area contributed by atoms with Crippen LogP contribution in [-0.4, -0.2) is 69.9 Å². The van der Waals surface area contributed by atoms with Gasteiger partial charge in [0.15, 0.2) is 0 Å². The van der Waals surface area contributed by atoms with E-state index in [2.05, 4.69) is 0 Å². The van der Waals surface area contributed by atoms with E-state index in [0.29, 0.717) is 0 Å². The summed E-state index contributed by atoms with van der Waals surface area (Å²) in [5.74, 6) is -24.0. The van der Waals surface area contributed by atoms with Crippen molar-refractivity contribution in [3.05, 3.63) is 0 Å². The predicted molar refractivity (Wildman–Crippen MR) is 63.2 cm³/mol. The lowest BCUT2D eigenvalue weighted by atomic mass is 9.98. The maximum atomic E-state index is 13.3. The number of aliphatic hydroxyl groups is 1. The summed E-state index contributed by atoms with van der Waals surface area (Å²) in [5, 5.41) is 27.4. The lowest BCUT2D eigenvalue weighted by Crippen LogP contribution is -2.65. The third kappa shape index (κ3) is 4.90. The number of hydrogen-bond donors (Lipinski definition) is 4. The van der Waals surface area contributed by atoms with E-state index < -0.39 is 67.4 Å². The Labute approximate surface area is 138 Å². The quantitative estimate of drug-likeness (QED) is 0.410. The third-order valence-corrected chi connectivity index (χ3v) is 3.09. The molecule has 0 aromatic carbocycles. The van der Waals surface area contributed by atoms with Crippen LogP contribution in [0.1, 0.15) is 12.8 Å². The molecule has 0 aliphatic carbocycles. The van der Waals surface area contributed by atoms with Gasteiger partial charge in [0.1, 0.15) is 12.1 Å². The largest absolute Gasteiger partial charge is 0.481 e. The van der Waals surface area contributed by atoms with Gasteiger partial charge in [-0.1, -0.05) is 0 Å². The number of alkyl halides is 9. The van der Waals surface area contributed by atoms with Crippen LogP contribution in [-0.2, 0) is 9.59 Å². The Morgan fingerprint density at radius 2 is 1.35 bits per heavy atom. The molecule has 0 fully saturated rings. The molecule has 0 radical (unpaired) electrons. The van der Waals surface area contributed by atoms with Gasteiger partial charge in [0.05, 0.1) is 0 Å². The lowest BCUT2D eigenvalue weighted by Gasteiger charge is -2.36. The molecule has 0 rings (SSSR count). The molecule has 0 aromatic heterocycles. The van der Waals surface area contributed by atoms with Crippen molar-refractivity contribution >= 4 is 11.9 Å². The molecule has 4 N–H and O–H groups in total. The molecule has 6 nitrogen and oxygen atoms in total. The number of carboxylic acids is 2. The van der Waals surface area contributed by atoms with Crippen molar-refractivity contribution in [3.8, 4) is 0 Å². The fraction of sp³-hybridized carbons (Fsp3) is 0.818. The second kappa shape index (κ2) is 7.85. The number of aliphatic carboxylic acids is 2. The van der Waals surface area contributed by atoms with Gasteiger partial charge >= 0.3 is 35.9 Å². The van der Waals surface area contributed by atoms with Gasteiger partial charge in [0.2, 0.25) is 0 Å². The van der Waals surface area contributed by atoms with Crippen molar-refractivity contribution in [1.82, 2.24) is 5.32 Å². The van der Waals surface area contributed by atoms with Crippen molar-refractivity contribution in [3.63, 3.8) is 0 Å². The Morgan fingerprint density at radius 1 is 0.885 bits per heavy atom. The molecular formula is C11H12F9NO5. The molecular weight excluding hydrogens is 397 g/mol. The van der Waals surface area contributed by atoms with Crippen LogP contribution in [0.4, 0.5) is 39.5 Å². The first-order valence-electron chi connectivity index (χ1n) is 6.45. The van der Waals surface area contributed by atoms with E-state index in [9.17, 15) is 49.1 Å². The minimum absolute atomic E-state index is 0.780. The van der Waals surface area contributed by atoms with Gasteiger partial charge in [-0.2, -0.15) is 39.5 Å². The molecule has 0 aliphatic heterocycles. The van der Waals surface area contributed by atoms with Crippen LogP contribution >= 0.6 is 0 Å². The fourth-order valence-electron chi connectivity index (χ4n) is 1.56. The van der Waals surface area contributed by atoms with Gasteiger partial charge in [0.25, 0.3) is 0 Å². The number of carboxylic acid groups (broad SMARTS) is 2. The van der Waals surface area contributed by atoms with E-state index in [1.807, 2.05) is 0 Å². The summed E-state index contributed by atoms with van der Waals surface area (Å²) in [6.07, 6.45) is -12.5. The molecule has 26 heavy (non-hydrogen) atoms. The maximum absolute atomic E-state index is 13.3. The molecule has 0 unspecified atom stereocenters. The lowest BCUT2D eigenvalue weighted by molar-refractivity contribution is -0.405. The van der Waals surface area contributed by atoms with Crippen LogP contribution in [0, 0.1) is 0 Å². The average molecular weight is 409 g/mol. The molecule has 0 aromatic rings. The summed E-state index contributed by atoms with van der Waals surface area (Å²) in [6.45, 7) is -1.84. The predicted octanol–water partition coefficient (Wildman–Crippen LogP) is 1.72. The zero-order valence-corrected chi connectivity index (χ0v) is 12.3. The highest BCUT2D eigenvalue weighted by molar-refractivity contribution is 5.75. The van der Waals surface area contributed by atoms with Gasteiger partial charge in [-0.15, -0.1) is 0 Å². The number of nitrogens with one attached hydrogen (secondary N) is 1. The zero-order valence-electron chi connectivity index (χ0n) is 12.3. The molecule has 15 heteroatoms. The number of carbonyl (C=O) groups is 2. The van der Waals surface area contributed by atoms with E-state index in [1.54, 1.807) is 0 Å². The molecule has 0 aliphatic rings. The molecule has 0 spiro atoms. The maximum Gasteiger partial charge on any atom is 0.460 e. The molecule has 154 valence electrons. The van der Waals surface area contributed by atoms with E-state index in [-0.39, 0.29) is 0 Å². The van der Waals surface area contributed by atoms with Crippen molar-refractivity contribution in [2.75, 3.05) is 6.54 Å². The smallest absolute Gasteiger partial charge is 0.460 e. The Hall–Kier alpha value is -1.77. The number of rotatable bonds is 10. The van der Waals surface area contributed by atoms with E-state index in [1.165, 1.54) is 5.32 Å². The van der Waals surface area contributed by atoms with Crippen molar-refractivity contribution in [2.45, 2.75) is 48.9 Å². The summed E-state index contributed by atoms with van der Waals surface area (Å²) >= 11 is 0. The standard InChI is InChI=1S/C11H12F9NO5/c12-8(13,9(14,15)10(16,17)11(18,19)20)5(22)3-21-4(7(25)26)1-2-6(23)24/h4-5,21-22H,1-3H2,(H,23,24)(H,25,26)/t4-,5+/m0/s1. The normalized spacial score (nSPS) is 16.2. The van der Waals surface area contributed by atoms with E-state index in [0.717, 1.165) is 0 Å². The molecule has 0 saturated carbocycles. The molecule has 0 bridgehead atoms. The Balaban J connectivity index is 5.29. The van der Waals surface area contributed by atoms with Gasteiger partial charge in [-0.25, -0.2) is 0 Å². The first-order valence-corrected chi connectivity index (χ1v) is 6.45. The zero-order chi connectivity index (χ0) is 21.1. The highest BCUT2D eigenvalue weighted by atomic mass is 19.4. The van der Waals surface area contributed by atoms with Gasteiger partial charge < -0.3 is 20.6 Å². The van der Waals surface area contributed by atoms with Gasteiger partial charge in [-0.3, -0.25) is 9.59 Å². The highest BCUT2D eigenvalue weighted by Gasteiger charge is 2.83. The Kier molecular flexibility index (Phi) is 7.32. The van der Waals surface area contributed by atoms with Gasteiger partial charge in [-0.05, 0) is 6.42 Å². The SMILES string of the molecule is O=C(O)CC[C@H](NC[C@@H](O)C(F)(F)C(F)(F)C(F)(F)C(F)(F)F)C(=O)O. The van der Waals surface area contributed by atoms with Crippen LogP contribution in [0.25, 0.3) is 0 Å². The van der Waals surface area contributed by atoms with E-state index >= 15 is 0 Å². The third-order valence-electron chi connectivity index (χ3n) is 3.09.